The Morgan fingerprint density at radius 2 is 1.90 bits per heavy atom. The van der Waals surface area contributed by atoms with Crippen LogP contribution in [-0.2, 0) is 16.4 Å². The van der Waals surface area contributed by atoms with Crippen molar-refractivity contribution in [2.45, 2.75) is 6.42 Å². The predicted molar refractivity (Wildman–Crippen MR) is 85.3 cm³/mol. The Balaban J connectivity index is 1.88. The number of halogens is 1. The molecule has 0 saturated carbocycles. The molecule has 0 fully saturated rings. The van der Waals surface area contributed by atoms with E-state index in [0.717, 1.165) is 16.7 Å². The molecule has 0 aliphatic heterocycles. The number of aromatic nitrogens is 1. The number of rotatable bonds is 6. The van der Waals surface area contributed by atoms with Crippen LogP contribution in [-0.4, -0.2) is 19.9 Å². The summed E-state index contributed by atoms with van der Waals surface area (Å²) in [5.74, 6) is 0. The molecule has 110 valence electrons. The molecular weight excluding hydrogens is 308 g/mol. The molecule has 6 heteroatoms. The first-order chi connectivity index (χ1) is 10.1. The molecule has 0 amide bonds. The second-order valence-corrected chi connectivity index (χ2v) is 6.45. The lowest BCUT2D eigenvalue weighted by Gasteiger charge is -2.02. The van der Waals surface area contributed by atoms with Gasteiger partial charge in [0, 0.05) is 35.3 Å². The molecule has 0 radical (unpaired) electrons. The van der Waals surface area contributed by atoms with Gasteiger partial charge in [0.1, 0.15) is 0 Å². The highest BCUT2D eigenvalue weighted by atomic mass is 35.5. The molecule has 1 aromatic carbocycles. The van der Waals surface area contributed by atoms with Gasteiger partial charge in [0.25, 0.3) is 0 Å². The minimum absolute atomic E-state index is 0.310. The van der Waals surface area contributed by atoms with Gasteiger partial charge in [0.15, 0.2) is 0 Å². The van der Waals surface area contributed by atoms with Crippen molar-refractivity contribution in [3.05, 3.63) is 70.3 Å². The lowest BCUT2D eigenvalue weighted by Crippen LogP contribution is -2.23. The zero-order valence-electron chi connectivity index (χ0n) is 11.2. The highest BCUT2D eigenvalue weighted by Crippen LogP contribution is 2.11. The van der Waals surface area contributed by atoms with E-state index in [2.05, 4.69) is 9.71 Å². The first kappa shape index (κ1) is 15.7. The summed E-state index contributed by atoms with van der Waals surface area (Å²) in [5.41, 5.74) is 1.62. The quantitative estimate of drug-likeness (QED) is 0.889. The third kappa shape index (κ3) is 5.67. The number of hydrogen-bond acceptors (Lipinski definition) is 3. The topological polar surface area (TPSA) is 59.1 Å². The summed E-state index contributed by atoms with van der Waals surface area (Å²) in [7, 11) is -3.45. The van der Waals surface area contributed by atoms with Gasteiger partial charge in [-0.3, -0.25) is 4.98 Å². The number of nitrogens with one attached hydrogen (secondary N) is 1. The van der Waals surface area contributed by atoms with Crippen molar-refractivity contribution >= 4 is 27.7 Å². The van der Waals surface area contributed by atoms with Gasteiger partial charge in [-0.05, 0) is 35.9 Å². The van der Waals surface area contributed by atoms with Gasteiger partial charge >= 0.3 is 0 Å². The van der Waals surface area contributed by atoms with Gasteiger partial charge in [-0.2, -0.15) is 0 Å². The maximum atomic E-state index is 11.8. The van der Waals surface area contributed by atoms with Gasteiger partial charge in [0.2, 0.25) is 10.0 Å². The number of hydrogen-bond donors (Lipinski definition) is 1. The summed E-state index contributed by atoms with van der Waals surface area (Å²) < 4.78 is 26.1. The van der Waals surface area contributed by atoms with E-state index in [9.17, 15) is 8.42 Å². The van der Waals surface area contributed by atoms with Crippen LogP contribution in [0.25, 0.3) is 6.08 Å². The molecule has 0 unspecified atom stereocenters. The summed E-state index contributed by atoms with van der Waals surface area (Å²) in [6, 6.07) is 12.5. The van der Waals surface area contributed by atoms with Crippen LogP contribution in [0.4, 0.5) is 0 Å². The van der Waals surface area contributed by atoms with Gasteiger partial charge in [-0.25, -0.2) is 13.1 Å². The van der Waals surface area contributed by atoms with Crippen molar-refractivity contribution in [1.82, 2.24) is 9.71 Å². The highest BCUT2D eigenvalue weighted by molar-refractivity contribution is 7.92. The monoisotopic (exact) mass is 322 g/mol. The first-order valence-corrected chi connectivity index (χ1v) is 8.31. The fraction of sp³-hybridized carbons (Fsp3) is 0.133. The normalized spacial score (nSPS) is 11.9. The van der Waals surface area contributed by atoms with Crippen molar-refractivity contribution < 1.29 is 8.42 Å². The molecule has 4 nitrogen and oxygen atoms in total. The molecule has 1 N–H and O–H groups in total. The van der Waals surface area contributed by atoms with E-state index in [1.54, 1.807) is 30.5 Å². The van der Waals surface area contributed by atoms with E-state index in [4.69, 9.17) is 11.6 Å². The molecule has 0 aliphatic rings. The Bertz CT molecular complexity index is 698. The molecule has 1 heterocycles. The highest BCUT2D eigenvalue weighted by Gasteiger charge is 2.04. The van der Waals surface area contributed by atoms with Crippen LogP contribution in [0, 0.1) is 0 Å². The molecule has 0 saturated heterocycles. The summed E-state index contributed by atoms with van der Waals surface area (Å²) in [6.45, 7) is 0.310. The van der Waals surface area contributed by atoms with Crippen molar-refractivity contribution in [2.24, 2.45) is 0 Å². The van der Waals surface area contributed by atoms with Crippen molar-refractivity contribution in [2.75, 3.05) is 6.54 Å². The molecule has 0 atom stereocenters. The molecule has 0 spiro atoms. The Labute approximate surface area is 129 Å². The van der Waals surface area contributed by atoms with E-state index in [1.165, 1.54) is 6.08 Å². The van der Waals surface area contributed by atoms with Crippen molar-refractivity contribution in [1.29, 1.82) is 0 Å². The predicted octanol–water partition coefficient (Wildman–Crippen LogP) is 2.87. The van der Waals surface area contributed by atoms with Crippen LogP contribution >= 0.6 is 11.6 Å². The minimum Gasteiger partial charge on any atom is -0.261 e. The Kier molecular flexibility index (Phi) is 5.50. The van der Waals surface area contributed by atoms with E-state index < -0.39 is 10.0 Å². The average Bonchev–Trinajstić information content (AvgIpc) is 2.48. The first-order valence-electron chi connectivity index (χ1n) is 6.38. The van der Waals surface area contributed by atoms with E-state index in [0.29, 0.717) is 18.0 Å². The second-order valence-electron chi connectivity index (χ2n) is 4.36. The second kappa shape index (κ2) is 7.36. The van der Waals surface area contributed by atoms with Crippen LogP contribution in [0.15, 0.2) is 54.1 Å². The average molecular weight is 323 g/mol. The zero-order valence-corrected chi connectivity index (χ0v) is 12.8. The van der Waals surface area contributed by atoms with E-state index in [1.807, 2.05) is 18.2 Å². The van der Waals surface area contributed by atoms with Crippen LogP contribution in [0.2, 0.25) is 5.02 Å². The van der Waals surface area contributed by atoms with Crippen LogP contribution in [0.1, 0.15) is 11.3 Å². The maximum absolute atomic E-state index is 11.8. The molecule has 2 aromatic rings. The lowest BCUT2D eigenvalue weighted by atomic mass is 10.2. The summed E-state index contributed by atoms with van der Waals surface area (Å²) in [4.78, 5) is 4.13. The van der Waals surface area contributed by atoms with Crippen molar-refractivity contribution in [3.63, 3.8) is 0 Å². The molecular formula is C15H15ClN2O2S. The fourth-order valence-electron chi connectivity index (χ4n) is 1.66. The smallest absolute Gasteiger partial charge is 0.233 e. The molecule has 1 aromatic heterocycles. The Hall–Kier alpha value is -1.69. The van der Waals surface area contributed by atoms with Gasteiger partial charge in [-0.15, -0.1) is 0 Å². The van der Waals surface area contributed by atoms with Gasteiger partial charge < -0.3 is 0 Å². The van der Waals surface area contributed by atoms with Gasteiger partial charge in [0.05, 0.1) is 0 Å². The third-order valence-electron chi connectivity index (χ3n) is 2.72. The fourth-order valence-corrected chi connectivity index (χ4v) is 2.60. The SMILES string of the molecule is O=S(=O)(/C=C/c1ccc(Cl)cc1)NCCc1ccccn1. The van der Waals surface area contributed by atoms with E-state index >= 15 is 0 Å². The minimum atomic E-state index is -3.45. The zero-order chi connectivity index (χ0) is 15.1. The third-order valence-corrected chi connectivity index (χ3v) is 4.07. The summed E-state index contributed by atoms with van der Waals surface area (Å²) in [5, 5.41) is 1.76. The number of sulfonamides is 1. The van der Waals surface area contributed by atoms with Crippen LogP contribution in [0.5, 0.6) is 0 Å². The lowest BCUT2D eigenvalue weighted by molar-refractivity contribution is 0.590. The molecule has 0 aliphatic carbocycles. The van der Waals surface area contributed by atoms with Crippen molar-refractivity contribution in [3.8, 4) is 0 Å². The summed E-state index contributed by atoms with van der Waals surface area (Å²) in [6.07, 6.45) is 3.76. The Morgan fingerprint density at radius 3 is 2.57 bits per heavy atom. The summed E-state index contributed by atoms with van der Waals surface area (Å²) >= 11 is 5.77. The number of benzene rings is 1. The Morgan fingerprint density at radius 1 is 1.14 bits per heavy atom. The number of pyridine rings is 1. The van der Waals surface area contributed by atoms with E-state index in [-0.39, 0.29) is 0 Å². The standard InChI is InChI=1S/C15H15ClN2O2S/c16-14-6-4-13(5-7-14)9-12-21(19,20)18-11-8-15-3-1-2-10-17-15/h1-7,9-10,12,18H,8,11H2/b12-9+. The molecule has 2 rings (SSSR count). The number of nitrogens with zero attached hydrogens (tertiary/aromatic N) is 1. The maximum Gasteiger partial charge on any atom is 0.233 e. The molecule has 0 bridgehead atoms. The molecule has 21 heavy (non-hydrogen) atoms. The largest absolute Gasteiger partial charge is 0.261 e. The van der Waals surface area contributed by atoms with Gasteiger partial charge in [-0.1, -0.05) is 29.8 Å². The van der Waals surface area contributed by atoms with Crippen LogP contribution in [0.3, 0.4) is 0 Å². The van der Waals surface area contributed by atoms with Crippen LogP contribution < -0.4 is 4.72 Å².